The van der Waals surface area contributed by atoms with Gasteiger partial charge in [-0.1, -0.05) is 6.42 Å². The number of fused-ring (bicyclic) bond motifs is 3. The third-order valence-electron chi connectivity index (χ3n) is 4.22. The summed E-state index contributed by atoms with van der Waals surface area (Å²) in [5.74, 6) is 1.19. The van der Waals surface area contributed by atoms with Gasteiger partial charge in [-0.05, 0) is 44.4 Å². The van der Waals surface area contributed by atoms with Crippen molar-refractivity contribution in [1.29, 1.82) is 0 Å². The molecule has 118 valence electrons. The molecule has 1 aromatic heterocycles. The largest absolute Gasteiger partial charge is 0.328 e. The molecular weight excluding hydrogens is 276 g/mol. The number of nitrogens with zero attached hydrogens (tertiary/aromatic N) is 2. The van der Waals surface area contributed by atoms with E-state index >= 15 is 0 Å². The van der Waals surface area contributed by atoms with Crippen LogP contribution >= 0.6 is 0 Å². The molecule has 3 N–H and O–H groups in total. The van der Waals surface area contributed by atoms with E-state index < -0.39 is 0 Å². The molecule has 2 heterocycles. The first-order valence-corrected chi connectivity index (χ1v) is 8.18. The number of benzene rings is 1. The topological polar surface area (TPSA) is 72.9 Å². The fraction of sp³-hybridized carbons (Fsp3) is 0.529. The van der Waals surface area contributed by atoms with Crippen LogP contribution < -0.4 is 11.1 Å². The molecule has 22 heavy (non-hydrogen) atoms. The molecule has 1 aliphatic heterocycles. The van der Waals surface area contributed by atoms with Gasteiger partial charge in [0.05, 0.1) is 11.0 Å². The van der Waals surface area contributed by atoms with Gasteiger partial charge in [0.1, 0.15) is 5.82 Å². The van der Waals surface area contributed by atoms with E-state index in [2.05, 4.69) is 16.0 Å². The molecule has 1 atom stereocenters. The normalized spacial score (nSPS) is 16.1. The summed E-state index contributed by atoms with van der Waals surface area (Å²) >= 11 is 0. The molecule has 5 heteroatoms. The molecule has 0 saturated heterocycles. The lowest BCUT2D eigenvalue weighted by atomic mass is 10.2. The van der Waals surface area contributed by atoms with Crippen LogP contribution in [0.2, 0.25) is 0 Å². The average Bonchev–Trinajstić information content (AvgIpc) is 2.66. The minimum absolute atomic E-state index is 0.0115. The summed E-state index contributed by atoms with van der Waals surface area (Å²) in [5.41, 5.74) is 8.65. The lowest BCUT2D eigenvalue weighted by Crippen LogP contribution is -2.19. The van der Waals surface area contributed by atoms with Gasteiger partial charge in [-0.15, -0.1) is 0 Å². The Morgan fingerprint density at radius 2 is 2.27 bits per heavy atom. The number of aromatic nitrogens is 2. The van der Waals surface area contributed by atoms with Crippen molar-refractivity contribution >= 4 is 22.6 Å². The van der Waals surface area contributed by atoms with Crippen LogP contribution in [0.1, 0.15) is 44.9 Å². The van der Waals surface area contributed by atoms with E-state index in [1.807, 2.05) is 19.1 Å². The fourth-order valence-corrected chi connectivity index (χ4v) is 3.01. The Morgan fingerprint density at radius 3 is 3.09 bits per heavy atom. The van der Waals surface area contributed by atoms with Crippen molar-refractivity contribution in [1.82, 2.24) is 9.55 Å². The third kappa shape index (κ3) is 3.30. The second kappa shape index (κ2) is 6.48. The van der Waals surface area contributed by atoms with Gasteiger partial charge in [-0.25, -0.2) is 4.98 Å². The minimum atomic E-state index is 0.0115. The molecule has 0 bridgehead atoms. The van der Waals surface area contributed by atoms with Gasteiger partial charge >= 0.3 is 0 Å². The maximum atomic E-state index is 11.9. The van der Waals surface area contributed by atoms with E-state index in [4.69, 9.17) is 10.7 Å². The summed E-state index contributed by atoms with van der Waals surface area (Å²) in [5, 5.41) is 2.94. The van der Waals surface area contributed by atoms with Crippen LogP contribution in [-0.2, 0) is 17.8 Å². The van der Waals surface area contributed by atoms with Crippen LogP contribution in [-0.4, -0.2) is 21.5 Å². The number of nitrogens with two attached hydrogens (primary N) is 1. The van der Waals surface area contributed by atoms with Crippen LogP contribution in [0, 0.1) is 0 Å². The van der Waals surface area contributed by atoms with Crippen LogP contribution in [0.5, 0.6) is 0 Å². The highest BCUT2D eigenvalue weighted by molar-refractivity contribution is 5.93. The Balaban J connectivity index is 1.77. The number of hydrogen-bond acceptors (Lipinski definition) is 3. The van der Waals surface area contributed by atoms with Crippen molar-refractivity contribution in [2.45, 2.75) is 58.0 Å². The summed E-state index contributed by atoms with van der Waals surface area (Å²) in [4.78, 5) is 16.6. The van der Waals surface area contributed by atoms with Crippen LogP contribution in [0.3, 0.4) is 0 Å². The summed E-state index contributed by atoms with van der Waals surface area (Å²) in [6.07, 6.45) is 5.91. The number of amides is 1. The highest BCUT2D eigenvalue weighted by Crippen LogP contribution is 2.24. The first kappa shape index (κ1) is 15.0. The number of carbonyl (C=O) groups is 1. The van der Waals surface area contributed by atoms with E-state index in [9.17, 15) is 4.79 Å². The number of imidazole rings is 1. The van der Waals surface area contributed by atoms with Crippen LogP contribution in [0.25, 0.3) is 11.0 Å². The minimum Gasteiger partial charge on any atom is -0.328 e. The summed E-state index contributed by atoms with van der Waals surface area (Å²) in [6, 6.07) is 6.06. The smallest absolute Gasteiger partial charge is 0.224 e. The monoisotopic (exact) mass is 300 g/mol. The zero-order chi connectivity index (χ0) is 15.5. The second-order valence-electron chi connectivity index (χ2n) is 6.26. The van der Waals surface area contributed by atoms with Crippen molar-refractivity contribution in [3.63, 3.8) is 0 Å². The number of carbonyl (C=O) groups excluding carboxylic acids is 1. The number of aryl methyl sites for hydroxylation is 2. The van der Waals surface area contributed by atoms with Crippen molar-refractivity contribution in [3.8, 4) is 0 Å². The van der Waals surface area contributed by atoms with Gasteiger partial charge < -0.3 is 15.6 Å². The van der Waals surface area contributed by atoms with Crippen LogP contribution in [0.15, 0.2) is 18.2 Å². The van der Waals surface area contributed by atoms with Gasteiger partial charge in [-0.2, -0.15) is 0 Å². The van der Waals surface area contributed by atoms with E-state index in [0.717, 1.165) is 24.2 Å². The first-order chi connectivity index (χ1) is 10.6. The Labute approximate surface area is 130 Å². The van der Waals surface area contributed by atoms with Crippen LogP contribution in [0.4, 0.5) is 5.69 Å². The molecule has 0 radical (unpaired) electrons. The zero-order valence-electron chi connectivity index (χ0n) is 13.1. The molecule has 0 aliphatic carbocycles. The third-order valence-corrected chi connectivity index (χ3v) is 4.22. The van der Waals surface area contributed by atoms with Crippen molar-refractivity contribution in [2.75, 3.05) is 5.32 Å². The standard InChI is InChI=1S/C17H24N4O/c1-12(18)6-9-17(22)19-13-7-8-15-14(11-13)20-16-5-3-2-4-10-21(15)16/h7-8,11-12H,2-6,9-10,18H2,1H3,(H,19,22). The molecular formula is C17H24N4O. The molecule has 5 nitrogen and oxygen atoms in total. The van der Waals surface area contributed by atoms with E-state index in [0.29, 0.717) is 12.8 Å². The maximum Gasteiger partial charge on any atom is 0.224 e. The van der Waals surface area contributed by atoms with E-state index in [1.165, 1.54) is 30.6 Å². The summed E-state index contributed by atoms with van der Waals surface area (Å²) in [7, 11) is 0. The highest BCUT2D eigenvalue weighted by Gasteiger charge is 2.14. The molecule has 0 spiro atoms. The van der Waals surface area contributed by atoms with E-state index in [-0.39, 0.29) is 11.9 Å². The Morgan fingerprint density at radius 1 is 1.41 bits per heavy atom. The first-order valence-electron chi connectivity index (χ1n) is 8.18. The van der Waals surface area contributed by atoms with Gasteiger partial charge in [0.25, 0.3) is 0 Å². The number of anilines is 1. The average molecular weight is 300 g/mol. The SMILES string of the molecule is CC(N)CCC(=O)Nc1ccc2c(c1)nc1n2CCCCC1. The Bertz CT molecular complexity index is 675. The predicted octanol–water partition coefficient (Wildman–Crippen LogP) is 2.83. The molecule has 1 aliphatic rings. The summed E-state index contributed by atoms with van der Waals surface area (Å²) < 4.78 is 2.32. The molecule has 0 fully saturated rings. The van der Waals surface area contributed by atoms with Crippen molar-refractivity contribution < 1.29 is 4.79 Å². The number of nitrogens with one attached hydrogen (secondary N) is 1. The molecule has 0 saturated carbocycles. The number of rotatable bonds is 4. The number of hydrogen-bond donors (Lipinski definition) is 2. The zero-order valence-corrected chi connectivity index (χ0v) is 13.1. The molecule has 3 rings (SSSR count). The Kier molecular flexibility index (Phi) is 4.43. The second-order valence-corrected chi connectivity index (χ2v) is 6.26. The quantitative estimate of drug-likeness (QED) is 0.912. The van der Waals surface area contributed by atoms with E-state index in [1.54, 1.807) is 0 Å². The Hall–Kier alpha value is -1.88. The van der Waals surface area contributed by atoms with Crippen molar-refractivity contribution in [3.05, 3.63) is 24.0 Å². The highest BCUT2D eigenvalue weighted by atomic mass is 16.1. The lowest BCUT2D eigenvalue weighted by molar-refractivity contribution is -0.116. The molecule has 1 amide bonds. The fourth-order valence-electron chi connectivity index (χ4n) is 3.01. The van der Waals surface area contributed by atoms with Crippen molar-refractivity contribution in [2.24, 2.45) is 5.73 Å². The summed E-state index contributed by atoms with van der Waals surface area (Å²) in [6.45, 7) is 2.96. The maximum absolute atomic E-state index is 11.9. The predicted molar refractivity (Wildman–Crippen MR) is 88.8 cm³/mol. The molecule has 2 aromatic rings. The van der Waals surface area contributed by atoms with Gasteiger partial charge in [0.15, 0.2) is 0 Å². The van der Waals surface area contributed by atoms with Gasteiger partial charge in [0.2, 0.25) is 5.91 Å². The van der Waals surface area contributed by atoms with Gasteiger partial charge in [0, 0.05) is 31.1 Å². The van der Waals surface area contributed by atoms with Gasteiger partial charge in [-0.3, -0.25) is 4.79 Å². The molecule has 1 unspecified atom stereocenters. The lowest BCUT2D eigenvalue weighted by Gasteiger charge is -2.08. The molecule has 1 aromatic carbocycles.